The topological polar surface area (TPSA) is 77.8 Å². The fourth-order valence-corrected chi connectivity index (χ4v) is 2.84. The lowest BCUT2D eigenvalue weighted by atomic mass is 10.2. The Morgan fingerprint density at radius 2 is 2.11 bits per heavy atom. The second-order valence-corrected chi connectivity index (χ2v) is 5.57. The van der Waals surface area contributed by atoms with Gasteiger partial charge in [0.25, 0.3) is 5.89 Å². The van der Waals surface area contributed by atoms with E-state index >= 15 is 0 Å². The van der Waals surface area contributed by atoms with Crippen LogP contribution in [0.2, 0.25) is 0 Å². The molecular formula is C12H9BrN4OS. The van der Waals surface area contributed by atoms with Gasteiger partial charge in [0.2, 0.25) is 5.82 Å². The molecule has 0 aliphatic heterocycles. The molecule has 96 valence electrons. The zero-order chi connectivity index (χ0) is 13.4. The Labute approximate surface area is 121 Å². The molecule has 7 heteroatoms. The van der Waals surface area contributed by atoms with Crippen molar-refractivity contribution in [2.45, 2.75) is 6.92 Å². The van der Waals surface area contributed by atoms with Crippen molar-refractivity contribution in [1.82, 2.24) is 14.5 Å². The van der Waals surface area contributed by atoms with Crippen LogP contribution in [0.4, 0.5) is 5.00 Å². The molecule has 0 fully saturated rings. The molecule has 0 spiro atoms. The van der Waals surface area contributed by atoms with Crippen molar-refractivity contribution in [3.8, 4) is 22.8 Å². The molecule has 0 radical (unpaired) electrons. The highest BCUT2D eigenvalue weighted by molar-refractivity contribution is 9.10. The van der Waals surface area contributed by atoms with Gasteiger partial charge in [-0.25, -0.2) is 0 Å². The minimum Gasteiger partial charge on any atom is -0.389 e. The number of hydrogen-bond acceptors (Lipinski definition) is 6. The average Bonchev–Trinajstić information content (AvgIpc) is 2.97. The molecule has 0 aliphatic carbocycles. The van der Waals surface area contributed by atoms with Gasteiger partial charge in [0, 0.05) is 10.0 Å². The highest BCUT2D eigenvalue weighted by Gasteiger charge is 2.18. The van der Waals surface area contributed by atoms with Gasteiger partial charge in [0.1, 0.15) is 5.00 Å². The molecule has 0 atom stereocenters. The van der Waals surface area contributed by atoms with Crippen molar-refractivity contribution in [3.63, 3.8) is 0 Å². The van der Waals surface area contributed by atoms with E-state index in [1.54, 1.807) is 0 Å². The van der Waals surface area contributed by atoms with E-state index < -0.39 is 0 Å². The van der Waals surface area contributed by atoms with Crippen LogP contribution in [-0.4, -0.2) is 14.5 Å². The second-order valence-electron chi connectivity index (χ2n) is 3.91. The summed E-state index contributed by atoms with van der Waals surface area (Å²) in [5, 5.41) is 4.57. The Morgan fingerprint density at radius 3 is 2.79 bits per heavy atom. The minimum atomic E-state index is 0.398. The van der Waals surface area contributed by atoms with E-state index in [1.807, 2.05) is 31.2 Å². The third-order valence-corrected chi connectivity index (χ3v) is 4.10. The predicted molar refractivity (Wildman–Crippen MR) is 77.7 cm³/mol. The highest BCUT2D eigenvalue weighted by Crippen LogP contribution is 2.33. The summed E-state index contributed by atoms with van der Waals surface area (Å²) in [6.07, 6.45) is 0. The molecule has 3 aromatic rings. The van der Waals surface area contributed by atoms with Crippen LogP contribution in [0.25, 0.3) is 22.8 Å². The molecule has 0 amide bonds. The van der Waals surface area contributed by atoms with Crippen LogP contribution in [0, 0.1) is 6.92 Å². The smallest absolute Gasteiger partial charge is 0.263 e. The van der Waals surface area contributed by atoms with Crippen LogP contribution in [-0.2, 0) is 0 Å². The molecule has 19 heavy (non-hydrogen) atoms. The molecule has 0 bridgehead atoms. The lowest BCUT2D eigenvalue weighted by Gasteiger charge is -1.96. The lowest BCUT2D eigenvalue weighted by molar-refractivity contribution is 0.432. The summed E-state index contributed by atoms with van der Waals surface area (Å²) < 4.78 is 10.4. The molecule has 0 saturated heterocycles. The highest BCUT2D eigenvalue weighted by atomic mass is 79.9. The maximum absolute atomic E-state index is 5.87. The summed E-state index contributed by atoms with van der Waals surface area (Å²) in [6.45, 7) is 1.87. The van der Waals surface area contributed by atoms with Crippen LogP contribution in [0.3, 0.4) is 0 Å². The number of nitrogens with zero attached hydrogens (tertiary/aromatic N) is 3. The number of hydrogen-bond donors (Lipinski definition) is 1. The Bertz CT molecular complexity index is 717. The van der Waals surface area contributed by atoms with Gasteiger partial charge in [-0.2, -0.15) is 9.36 Å². The first-order valence-electron chi connectivity index (χ1n) is 5.47. The SMILES string of the molecule is Cc1nsc(N)c1-c1nc(-c2ccccc2Br)no1. The second kappa shape index (κ2) is 4.75. The molecule has 5 nitrogen and oxygen atoms in total. The van der Waals surface area contributed by atoms with E-state index in [-0.39, 0.29) is 0 Å². The van der Waals surface area contributed by atoms with Crippen molar-refractivity contribution < 1.29 is 4.52 Å². The van der Waals surface area contributed by atoms with E-state index in [0.29, 0.717) is 16.7 Å². The first kappa shape index (κ1) is 12.3. The van der Waals surface area contributed by atoms with Crippen molar-refractivity contribution in [3.05, 3.63) is 34.4 Å². The van der Waals surface area contributed by atoms with E-state index in [1.165, 1.54) is 11.5 Å². The number of halogens is 1. The number of nitrogens with two attached hydrogens (primary N) is 1. The average molecular weight is 337 g/mol. The van der Waals surface area contributed by atoms with Gasteiger partial charge in [0.05, 0.1) is 11.3 Å². The van der Waals surface area contributed by atoms with Gasteiger partial charge in [-0.15, -0.1) is 0 Å². The van der Waals surface area contributed by atoms with Crippen LogP contribution >= 0.6 is 27.5 Å². The van der Waals surface area contributed by atoms with Crippen LogP contribution < -0.4 is 5.73 Å². The van der Waals surface area contributed by atoms with Gasteiger partial charge in [-0.05, 0) is 30.6 Å². The monoisotopic (exact) mass is 336 g/mol. The molecule has 2 heterocycles. The maximum Gasteiger partial charge on any atom is 0.263 e. The number of benzene rings is 1. The molecule has 1 aromatic carbocycles. The molecular weight excluding hydrogens is 328 g/mol. The van der Waals surface area contributed by atoms with Gasteiger partial charge in [0.15, 0.2) is 0 Å². The summed E-state index contributed by atoms with van der Waals surface area (Å²) in [6, 6.07) is 7.69. The molecule has 2 aromatic heterocycles. The fourth-order valence-electron chi connectivity index (χ4n) is 1.72. The number of aromatic nitrogens is 3. The van der Waals surface area contributed by atoms with Gasteiger partial charge >= 0.3 is 0 Å². The first-order valence-corrected chi connectivity index (χ1v) is 7.04. The summed E-state index contributed by atoms with van der Waals surface area (Å²) in [4.78, 5) is 4.38. The molecule has 2 N–H and O–H groups in total. The van der Waals surface area contributed by atoms with Crippen LogP contribution in [0.5, 0.6) is 0 Å². The van der Waals surface area contributed by atoms with Crippen molar-refractivity contribution in [2.75, 3.05) is 5.73 Å². The number of nitrogen functional groups attached to an aromatic ring is 1. The zero-order valence-electron chi connectivity index (χ0n) is 9.92. The molecule has 0 unspecified atom stereocenters. The van der Waals surface area contributed by atoms with Gasteiger partial charge < -0.3 is 10.3 Å². The van der Waals surface area contributed by atoms with E-state index in [9.17, 15) is 0 Å². The maximum atomic E-state index is 5.87. The Kier molecular flexibility index (Phi) is 3.08. The summed E-state index contributed by atoms with van der Waals surface area (Å²) >= 11 is 4.69. The third kappa shape index (κ3) is 2.15. The van der Waals surface area contributed by atoms with Crippen molar-refractivity contribution >= 4 is 32.5 Å². The number of anilines is 1. The summed E-state index contributed by atoms with van der Waals surface area (Å²) in [5.41, 5.74) is 8.26. The first-order chi connectivity index (χ1) is 9.16. The van der Waals surface area contributed by atoms with Gasteiger partial charge in [-0.3, -0.25) is 0 Å². The van der Waals surface area contributed by atoms with E-state index in [2.05, 4.69) is 30.4 Å². The van der Waals surface area contributed by atoms with E-state index in [0.717, 1.165) is 21.3 Å². The summed E-state index contributed by atoms with van der Waals surface area (Å²) in [7, 11) is 0. The van der Waals surface area contributed by atoms with E-state index in [4.69, 9.17) is 10.3 Å². The summed E-state index contributed by atoms with van der Waals surface area (Å²) in [5.74, 6) is 0.918. The molecule has 0 aliphatic rings. The predicted octanol–water partition coefficient (Wildman–Crippen LogP) is 3.51. The normalized spacial score (nSPS) is 10.8. The number of aryl methyl sites for hydroxylation is 1. The minimum absolute atomic E-state index is 0.398. The van der Waals surface area contributed by atoms with Crippen molar-refractivity contribution in [1.29, 1.82) is 0 Å². The van der Waals surface area contributed by atoms with Crippen LogP contribution in [0.1, 0.15) is 5.69 Å². The lowest BCUT2D eigenvalue weighted by Crippen LogP contribution is -1.87. The van der Waals surface area contributed by atoms with Crippen molar-refractivity contribution in [2.24, 2.45) is 0 Å². The molecule has 3 rings (SSSR count). The molecule has 0 saturated carbocycles. The number of rotatable bonds is 2. The largest absolute Gasteiger partial charge is 0.389 e. The van der Waals surface area contributed by atoms with Gasteiger partial charge in [-0.1, -0.05) is 33.2 Å². The quantitative estimate of drug-likeness (QED) is 0.774. The van der Waals surface area contributed by atoms with Crippen LogP contribution in [0.15, 0.2) is 33.3 Å². The standard InChI is InChI=1S/C12H9BrN4OS/c1-6-9(10(14)19-17-6)12-15-11(16-18-12)7-4-2-3-5-8(7)13/h2-5H,14H2,1H3. The fraction of sp³-hybridized carbons (Fsp3) is 0.0833. The Morgan fingerprint density at radius 1 is 1.32 bits per heavy atom. The third-order valence-electron chi connectivity index (χ3n) is 2.64. The zero-order valence-corrected chi connectivity index (χ0v) is 12.3. The Balaban J connectivity index is 2.08. The Hall–Kier alpha value is -1.73.